The van der Waals surface area contributed by atoms with E-state index in [9.17, 15) is 0 Å². The van der Waals surface area contributed by atoms with Crippen LogP contribution in [-0.4, -0.2) is 8.07 Å². The minimum atomic E-state index is -1.11. The second-order valence-electron chi connectivity index (χ2n) is 2.80. The molecule has 0 aliphatic carbocycles. The van der Waals surface area contributed by atoms with Gasteiger partial charge < -0.3 is 0 Å². The Morgan fingerprint density at radius 1 is 1.50 bits per heavy atom. The predicted molar refractivity (Wildman–Crippen MR) is 42.3 cm³/mol. The van der Waals surface area contributed by atoms with E-state index in [0.717, 1.165) is 6.42 Å². The Morgan fingerprint density at radius 2 is 2.00 bits per heavy atom. The fraction of sp³-hybridized carbons (Fsp3) is 0.571. The molecule has 0 aromatic rings. The molecule has 0 bridgehead atoms. The lowest BCUT2D eigenvalue weighted by molar-refractivity contribution is 1.23. The quantitative estimate of drug-likeness (QED) is 0.500. The van der Waals surface area contributed by atoms with Gasteiger partial charge in [-0.25, -0.2) is 0 Å². The van der Waals surface area contributed by atoms with Crippen LogP contribution in [-0.2, 0) is 0 Å². The van der Waals surface area contributed by atoms with E-state index in [0.29, 0.717) is 0 Å². The molecule has 1 radical (unpaired) electrons. The van der Waals surface area contributed by atoms with Crippen LogP contribution in [0.2, 0.25) is 13.1 Å². The van der Waals surface area contributed by atoms with Crippen LogP contribution in [0.1, 0.15) is 13.3 Å². The van der Waals surface area contributed by atoms with Crippen molar-refractivity contribution in [3.05, 3.63) is 18.3 Å². The van der Waals surface area contributed by atoms with Crippen LogP contribution in [0.5, 0.6) is 0 Å². The van der Waals surface area contributed by atoms with Crippen molar-refractivity contribution in [1.29, 1.82) is 0 Å². The van der Waals surface area contributed by atoms with Crippen molar-refractivity contribution in [2.24, 2.45) is 0 Å². The van der Waals surface area contributed by atoms with Gasteiger partial charge in [-0.2, -0.15) is 0 Å². The van der Waals surface area contributed by atoms with Gasteiger partial charge in [0.25, 0.3) is 0 Å². The molecule has 0 saturated carbocycles. The molecule has 0 aromatic carbocycles. The Morgan fingerprint density at radius 3 is 2.12 bits per heavy atom. The van der Waals surface area contributed by atoms with Gasteiger partial charge in [0.2, 0.25) is 0 Å². The summed E-state index contributed by atoms with van der Waals surface area (Å²) in [5.41, 5.74) is 2.27. The second kappa shape index (κ2) is 3.08. The zero-order chi connectivity index (χ0) is 6.62. The van der Waals surface area contributed by atoms with Crippen LogP contribution < -0.4 is 0 Å². The molecule has 0 nitrogen and oxygen atoms in total. The Bertz CT molecular complexity index is 76.9. The third-order valence-electron chi connectivity index (χ3n) is 0.805. The molecule has 0 aliphatic rings. The van der Waals surface area contributed by atoms with Crippen molar-refractivity contribution >= 4 is 8.07 Å². The van der Waals surface area contributed by atoms with E-state index in [4.69, 9.17) is 0 Å². The maximum atomic E-state index is 4.06. The zero-order valence-electron chi connectivity index (χ0n) is 6.07. The molecule has 0 rings (SSSR count). The van der Waals surface area contributed by atoms with Gasteiger partial charge >= 0.3 is 0 Å². The summed E-state index contributed by atoms with van der Waals surface area (Å²) in [6.07, 6.45) is 3.35. The fourth-order valence-corrected chi connectivity index (χ4v) is 1.31. The van der Waals surface area contributed by atoms with Crippen LogP contribution in [0.15, 0.2) is 11.8 Å². The van der Waals surface area contributed by atoms with Gasteiger partial charge in [0.05, 0.1) is 8.07 Å². The molecular weight excluding hydrogens is 112 g/mol. The van der Waals surface area contributed by atoms with E-state index in [1.54, 1.807) is 0 Å². The molecular formula is C7H15Si. The van der Waals surface area contributed by atoms with Gasteiger partial charge in [0, 0.05) is 0 Å². The van der Waals surface area contributed by atoms with E-state index in [2.05, 4.69) is 38.3 Å². The first kappa shape index (κ1) is 7.96. The maximum Gasteiger partial charge on any atom is 0.0710 e. The number of rotatable bonds is 2. The van der Waals surface area contributed by atoms with E-state index in [1.807, 2.05) is 0 Å². The van der Waals surface area contributed by atoms with Crippen LogP contribution in [0.25, 0.3) is 0 Å². The molecule has 0 aliphatic heterocycles. The first-order valence-corrected chi connectivity index (χ1v) is 6.38. The summed E-state index contributed by atoms with van der Waals surface area (Å²) in [5, 5.41) is 0. The highest BCUT2D eigenvalue weighted by Gasteiger charge is 2.05. The zero-order valence-corrected chi connectivity index (χ0v) is 7.07. The lowest BCUT2D eigenvalue weighted by Crippen LogP contribution is -2.16. The average Bonchev–Trinajstić information content (AvgIpc) is 1.59. The standard InChI is InChI=1S/C7H15Si/c1-5-6-7-8(2,3)4/h6-7H,2,5H2,1,3-4H3/b7-6+. The summed E-state index contributed by atoms with van der Waals surface area (Å²) >= 11 is 0. The van der Waals surface area contributed by atoms with Crippen molar-refractivity contribution in [3.8, 4) is 0 Å². The molecule has 0 N–H and O–H groups in total. The minimum absolute atomic E-state index is 1.11. The van der Waals surface area contributed by atoms with Crippen molar-refractivity contribution in [2.45, 2.75) is 26.4 Å². The smallest absolute Gasteiger partial charge is 0.0710 e. The van der Waals surface area contributed by atoms with E-state index in [1.165, 1.54) is 0 Å². The molecule has 0 unspecified atom stereocenters. The molecule has 0 fully saturated rings. The van der Waals surface area contributed by atoms with E-state index in [-0.39, 0.29) is 0 Å². The Labute approximate surface area is 53.6 Å². The first-order chi connectivity index (χ1) is 3.56. The van der Waals surface area contributed by atoms with Gasteiger partial charge in [0.1, 0.15) is 0 Å². The largest absolute Gasteiger partial charge is 0.0987 e. The van der Waals surface area contributed by atoms with Crippen molar-refractivity contribution in [1.82, 2.24) is 0 Å². The molecule has 0 amide bonds. The Hall–Kier alpha value is -0.0431. The van der Waals surface area contributed by atoms with Gasteiger partial charge in [0.15, 0.2) is 0 Å². The van der Waals surface area contributed by atoms with Crippen LogP contribution in [0, 0.1) is 6.55 Å². The second-order valence-corrected chi connectivity index (χ2v) is 7.11. The highest BCUT2D eigenvalue weighted by atomic mass is 28.3. The number of hydrogen-bond donors (Lipinski definition) is 0. The molecule has 0 aromatic heterocycles. The van der Waals surface area contributed by atoms with Crippen LogP contribution in [0.4, 0.5) is 0 Å². The van der Waals surface area contributed by atoms with Crippen molar-refractivity contribution < 1.29 is 0 Å². The summed E-state index contributed by atoms with van der Waals surface area (Å²) in [4.78, 5) is 0. The van der Waals surface area contributed by atoms with Crippen LogP contribution in [0.3, 0.4) is 0 Å². The number of allylic oxidation sites excluding steroid dienone is 1. The Kier molecular flexibility index (Phi) is 3.06. The lowest BCUT2D eigenvalue weighted by Gasteiger charge is -2.06. The molecule has 1 heteroatoms. The average molecular weight is 127 g/mol. The summed E-state index contributed by atoms with van der Waals surface area (Å²) in [6, 6.07) is 0. The summed E-state index contributed by atoms with van der Waals surface area (Å²) in [7, 11) is -1.11. The van der Waals surface area contributed by atoms with Gasteiger partial charge in [-0.1, -0.05) is 38.3 Å². The fourth-order valence-electron chi connectivity index (χ4n) is 0.437. The monoisotopic (exact) mass is 127 g/mol. The maximum absolute atomic E-state index is 4.06. The van der Waals surface area contributed by atoms with Crippen molar-refractivity contribution in [2.75, 3.05) is 0 Å². The summed E-state index contributed by atoms with van der Waals surface area (Å²) in [5.74, 6) is 0. The van der Waals surface area contributed by atoms with Gasteiger partial charge in [-0.05, 0) is 6.42 Å². The first-order valence-electron chi connectivity index (χ1n) is 3.09. The highest BCUT2D eigenvalue weighted by Crippen LogP contribution is 2.00. The Balaban J connectivity index is 3.52. The highest BCUT2D eigenvalue weighted by molar-refractivity contribution is 6.83. The van der Waals surface area contributed by atoms with E-state index >= 15 is 0 Å². The normalized spacial score (nSPS) is 13.0. The molecule has 0 saturated heterocycles. The molecule has 47 valence electrons. The minimum Gasteiger partial charge on any atom is -0.0987 e. The molecule has 0 heterocycles. The third kappa shape index (κ3) is 5.96. The summed E-state index contributed by atoms with van der Waals surface area (Å²) < 4.78 is 0. The summed E-state index contributed by atoms with van der Waals surface area (Å²) in [6.45, 7) is 10.7. The molecule has 0 spiro atoms. The van der Waals surface area contributed by atoms with Crippen LogP contribution >= 0.6 is 0 Å². The third-order valence-corrected chi connectivity index (χ3v) is 1.94. The van der Waals surface area contributed by atoms with Crippen molar-refractivity contribution in [3.63, 3.8) is 0 Å². The molecule has 0 atom stereocenters. The van der Waals surface area contributed by atoms with E-state index < -0.39 is 8.07 Å². The lowest BCUT2D eigenvalue weighted by atomic mass is 10.5. The SMILES string of the molecule is [CH2][Si](C)(C)/C=C/CC. The van der Waals surface area contributed by atoms with Gasteiger partial charge in [-0.3, -0.25) is 0 Å². The topological polar surface area (TPSA) is 0 Å². The van der Waals surface area contributed by atoms with Gasteiger partial charge in [-0.15, -0.1) is 0 Å². The number of hydrogen-bond acceptors (Lipinski definition) is 0. The predicted octanol–water partition coefficient (Wildman–Crippen LogP) is 2.57. The molecule has 8 heavy (non-hydrogen) atoms.